The molecule has 0 saturated heterocycles. The van der Waals surface area contributed by atoms with Crippen molar-refractivity contribution in [3.63, 3.8) is 0 Å². The van der Waals surface area contributed by atoms with E-state index in [1.807, 2.05) is 30.3 Å². The quantitative estimate of drug-likeness (QED) is 0.410. The molecule has 0 aliphatic carbocycles. The number of ether oxygens (including phenoxy) is 2. The lowest BCUT2D eigenvalue weighted by atomic mass is 9.86. The zero-order valence-electron chi connectivity index (χ0n) is 20.1. The summed E-state index contributed by atoms with van der Waals surface area (Å²) in [6.45, 7) is 4.20. The Morgan fingerprint density at radius 2 is 1.91 bits per heavy atom. The molecule has 8 heteroatoms. The summed E-state index contributed by atoms with van der Waals surface area (Å²) in [5, 5.41) is 5.77. The van der Waals surface area contributed by atoms with Crippen molar-refractivity contribution in [2.45, 2.75) is 51.0 Å². The van der Waals surface area contributed by atoms with Crippen molar-refractivity contribution >= 4 is 17.0 Å². The van der Waals surface area contributed by atoms with Crippen LogP contribution in [0, 0.1) is 0 Å². The number of rotatable bonds is 6. The molecule has 2 aromatic carbocycles. The van der Waals surface area contributed by atoms with Gasteiger partial charge in [-0.25, -0.2) is 0 Å². The molecule has 1 aliphatic rings. The molecule has 0 bridgehead atoms. The molecule has 0 spiro atoms. The lowest BCUT2D eigenvalue weighted by Gasteiger charge is -2.32. The van der Waals surface area contributed by atoms with Gasteiger partial charge in [-0.1, -0.05) is 18.2 Å². The first-order chi connectivity index (χ1) is 16.8. The Labute approximate surface area is 202 Å². The Morgan fingerprint density at radius 1 is 1.11 bits per heavy atom. The first kappa shape index (κ1) is 22.8. The van der Waals surface area contributed by atoms with Crippen molar-refractivity contribution in [1.29, 1.82) is 0 Å². The van der Waals surface area contributed by atoms with Crippen LogP contribution in [-0.4, -0.2) is 38.8 Å². The van der Waals surface area contributed by atoms with Gasteiger partial charge >= 0.3 is 5.97 Å². The number of nitrogens with zero attached hydrogens (tertiary/aromatic N) is 2. The van der Waals surface area contributed by atoms with E-state index >= 15 is 0 Å². The molecule has 180 valence electrons. The molecule has 1 atom stereocenters. The molecule has 3 heterocycles. The number of benzene rings is 2. The van der Waals surface area contributed by atoms with E-state index in [4.69, 9.17) is 9.47 Å². The molecule has 2 aromatic heterocycles. The van der Waals surface area contributed by atoms with E-state index in [9.17, 15) is 9.59 Å². The highest BCUT2D eigenvalue weighted by molar-refractivity contribution is 5.76. The normalized spacial score (nSPS) is 15.3. The van der Waals surface area contributed by atoms with Crippen LogP contribution in [0.5, 0.6) is 5.75 Å². The number of H-pyrrole nitrogens is 2. The number of aryl methyl sites for hydroxylation is 1. The molecule has 0 fully saturated rings. The Morgan fingerprint density at radius 3 is 2.71 bits per heavy atom. The Bertz CT molecular complexity index is 1450. The number of carbonyl (C=O) groups excluding carboxylic acids is 1. The van der Waals surface area contributed by atoms with Crippen molar-refractivity contribution < 1.29 is 14.3 Å². The summed E-state index contributed by atoms with van der Waals surface area (Å²) in [5.74, 6) is 0.0172. The number of hydrogen-bond donors (Lipinski definition) is 2. The summed E-state index contributed by atoms with van der Waals surface area (Å²) >= 11 is 0. The molecular weight excluding hydrogens is 444 g/mol. The molecule has 5 rings (SSSR count). The van der Waals surface area contributed by atoms with Crippen LogP contribution >= 0.6 is 0 Å². The predicted octanol–water partition coefficient (Wildman–Crippen LogP) is 4.04. The smallest absolute Gasteiger partial charge is 0.306 e. The van der Waals surface area contributed by atoms with Gasteiger partial charge in [0.25, 0.3) is 5.56 Å². The van der Waals surface area contributed by atoms with Gasteiger partial charge in [0, 0.05) is 36.0 Å². The van der Waals surface area contributed by atoms with Crippen LogP contribution in [0.2, 0.25) is 0 Å². The third kappa shape index (κ3) is 4.69. The van der Waals surface area contributed by atoms with Gasteiger partial charge in [0.05, 0.1) is 24.6 Å². The number of methoxy groups -OCH3 is 1. The predicted molar refractivity (Wildman–Crippen MR) is 132 cm³/mol. The van der Waals surface area contributed by atoms with E-state index in [-0.39, 0.29) is 17.6 Å². The summed E-state index contributed by atoms with van der Waals surface area (Å²) in [4.78, 5) is 34.1. The van der Waals surface area contributed by atoms with Gasteiger partial charge in [0.2, 0.25) is 0 Å². The Kier molecular flexibility index (Phi) is 5.88. The Balaban J connectivity index is 1.52. The minimum atomic E-state index is -0.499. The maximum absolute atomic E-state index is 13.0. The van der Waals surface area contributed by atoms with Gasteiger partial charge in [-0.15, -0.1) is 0 Å². The number of nitrogens with one attached hydrogen (secondary N) is 2. The zero-order valence-corrected chi connectivity index (χ0v) is 20.1. The first-order valence-electron chi connectivity index (χ1n) is 11.7. The molecule has 2 N–H and O–H groups in total. The van der Waals surface area contributed by atoms with Crippen LogP contribution in [0.3, 0.4) is 0 Å². The molecule has 1 unspecified atom stereocenters. The Hall–Kier alpha value is -3.94. The van der Waals surface area contributed by atoms with Crippen LogP contribution < -0.4 is 10.3 Å². The topological polar surface area (TPSA) is 110 Å². The number of carbonyl (C=O) groups is 1. The largest absolute Gasteiger partial charge is 0.488 e. The lowest BCUT2D eigenvalue weighted by molar-refractivity contribution is -0.140. The second-order valence-electron chi connectivity index (χ2n) is 9.59. The number of fused-ring (bicyclic) bond motifs is 2. The molecule has 0 amide bonds. The summed E-state index contributed by atoms with van der Waals surface area (Å²) in [7, 11) is 1.35. The van der Waals surface area contributed by atoms with Crippen molar-refractivity contribution in [3.05, 3.63) is 87.1 Å². The van der Waals surface area contributed by atoms with Crippen LogP contribution in [0.1, 0.15) is 60.6 Å². The highest BCUT2D eigenvalue weighted by Gasteiger charge is 2.28. The van der Waals surface area contributed by atoms with Gasteiger partial charge in [-0.3, -0.25) is 24.7 Å². The van der Waals surface area contributed by atoms with Crippen molar-refractivity contribution in [1.82, 2.24) is 20.2 Å². The minimum Gasteiger partial charge on any atom is -0.488 e. The molecule has 0 radical (unpaired) electrons. The maximum atomic E-state index is 13.0. The van der Waals surface area contributed by atoms with E-state index < -0.39 is 11.9 Å². The summed E-state index contributed by atoms with van der Waals surface area (Å²) < 4.78 is 11.1. The second kappa shape index (κ2) is 9.02. The fourth-order valence-electron chi connectivity index (χ4n) is 4.77. The van der Waals surface area contributed by atoms with Crippen molar-refractivity contribution in [2.75, 3.05) is 7.11 Å². The molecule has 35 heavy (non-hydrogen) atoms. The zero-order chi connectivity index (χ0) is 24.6. The van der Waals surface area contributed by atoms with Gasteiger partial charge in [-0.05, 0) is 61.6 Å². The number of aromatic amines is 2. The summed E-state index contributed by atoms with van der Waals surface area (Å²) in [5.41, 5.74) is 5.31. The summed E-state index contributed by atoms with van der Waals surface area (Å²) in [6.07, 6.45) is 5.68. The minimum absolute atomic E-state index is 0.0311. The van der Waals surface area contributed by atoms with Crippen LogP contribution in [-0.2, 0) is 22.4 Å². The third-order valence-corrected chi connectivity index (χ3v) is 6.63. The fourth-order valence-corrected chi connectivity index (χ4v) is 4.77. The third-order valence-electron chi connectivity index (χ3n) is 6.63. The second-order valence-corrected chi connectivity index (χ2v) is 9.59. The van der Waals surface area contributed by atoms with Gasteiger partial charge in [-0.2, -0.15) is 0 Å². The number of aromatic nitrogens is 4. The molecule has 4 aromatic rings. The van der Waals surface area contributed by atoms with Crippen molar-refractivity contribution in [2.24, 2.45) is 0 Å². The van der Waals surface area contributed by atoms with E-state index in [1.54, 1.807) is 12.4 Å². The van der Waals surface area contributed by atoms with Crippen LogP contribution in [0.25, 0.3) is 11.0 Å². The SMILES string of the molecule is COC(=O)CC(c1ccc2nccnc2c1)c1c(Cc2ccc3c(c2)CCC(C)(C)O3)[nH][nH]c1=O. The fraction of sp³-hybridized carbons (Fsp3) is 0.333. The lowest BCUT2D eigenvalue weighted by Crippen LogP contribution is -2.32. The van der Waals surface area contributed by atoms with Crippen LogP contribution in [0.15, 0.2) is 53.6 Å². The average molecular weight is 473 g/mol. The standard InChI is InChI=1S/C27H28N4O4/c1-27(2)9-8-18-12-16(4-7-23(18)35-27)13-22-25(26(33)31-30-22)19(15-24(32)34-3)17-5-6-20-21(14-17)29-11-10-28-20/h4-7,10-12,14,19H,8-9,13,15H2,1-3H3,(H2,30,31,33). The van der Waals surface area contributed by atoms with Crippen LogP contribution in [0.4, 0.5) is 0 Å². The van der Waals surface area contributed by atoms with E-state index in [2.05, 4.69) is 40.1 Å². The molecule has 8 nitrogen and oxygen atoms in total. The van der Waals surface area contributed by atoms with E-state index in [1.165, 1.54) is 12.7 Å². The molecule has 1 aliphatic heterocycles. The van der Waals surface area contributed by atoms with Gasteiger partial charge < -0.3 is 14.6 Å². The number of esters is 1. The molecule has 0 saturated carbocycles. The first-order valence-corrected chi connectivity index (χ1v) is 11.7. The monoisotopic (exact) mass is 472 g/mol. The highest BCUT2D eigenvalue weighted by atomic mass is 16.5. The number of hydrogen-bond acceptors (Lipinski definition) is 6. The van der Waals surface area contributed by atoms with Gasteiger partial charge in [0.1, 0.15) is 11.4 Å². The van der Waals surface area contributed by atoms with E-state index in [0.29, 0.717) is 17.5 Å². The van der Waals surface area contributed by atoms with Gasteiger partial charge in [0.15, 0.2) is 0 Å². The average Bonchev–Trinajstić information content (AvgIpc) is 3.21. The molecular formula is C27H28N4O4. The summed E-state index contributed by atoms with van der Waals surface area (Å²) in [6, 6.07) is 11.8. The maximum Gasteiger partial charge on any atom is 0.306 e. The van der Waals surface area contributed by atoms with Crippen molar-refractivity contribution in [3.8, 4) is 5.75 Å². The van der Waals surface area contributed by atoms with E-state index in [0.717, 1.165) is 40.9 Å². The highest BCUT2D eigenvalue weighted by Crippen LogP contribution is 2.35.